The lowest BCUT2D eigenvalue weighted by Crippen LogP contribution is -2.26. The van der Waals surface area contributed by atoms with Crippen molar-refractivity contribution in [1.82, 2.24) is 0 Å². The Morgan fingerprint density at radius 3 is 1.42 bits per heavy atom. The summed E-state index contributed by atoms with van der Waals surface area (Å²) in [6.07, 6.45) is 0. The van der Waals surface area contributed by atoms with Crippen LogP contribution in [0.15, 0.2) is 63.2 Å². The molecule has 2 nitrogen and oxygen atoms in total. The molecule has 0 aliphatic heterocycles. The second-order valence-corrected chi connectivity index (χ2v) is 12.4. The molecule has 1 atom stereocenters. The van der Waals surface area contributed by atoms with E-state index >= 15 is 0 Å². The van der Waals surface area contributed by atoms with Crippen molar-refractivity contribution in [3.63, 3.8) is 0 Å². The minimum atomic E-state index is -0.519. The van der Waals surface area contributed by atoms with Gasteiger partial charge in [-0.1, -0.05) is 63.7 Å². The molecule has 0 aliphatic carbocycles. The molecule has 0 unspecified atom stereocenters. The Kier molecular flexibility index (Phi) is 8.59. The molecule has 0 saturated heterocycles. The molecule has 0 bridgehead atoms. The lowest BCUT2D eigenvalue weighted by Gasteiger charge is -2.34. The first kappa shape index (κ1) is 25.9. The molecule has 3 rings (SSSR count). The summed E-state index contributed by atoms with van der Waals surface area (Å²) in [4.78, 5) is 0. The average Bonchev–Trinajstić information content (AvgIpc) is 2.70. The molecule has 3 aromatic rings. The third kappa shape index (κ3) is 4.91. The summed E-state index contributed by atoms with van der Waals surface area (Å²) in [6, 6.07) is 12.6. The van der Waals surface area contributed by atoms with Gasteiger partial charge in [0.2, 0.25) is 0 Å². The number of aliphatic hydroxyl groups excluding tert-OH is 1. The van der Waals surface area contributed by atoms with Crippen molar-refractivity contribution in [2.24, 2.45) is 0 Å². The third-order valence-corrected chi connectivity index (χ3v) is 9.76. The van der Waals surface area contributed by atoms with Crippen LogP contribution < -0.4 is 4.74 Å². The van der Waals surface area contributed by atoms with Crippen LogP contribution >= 0.6 is 95.6 Å². The van der Waals surface area contributed by atoms with E-state index in [9.17, 15) is 5.11 Å². The van der Waals surface area contributed by atoms with Crippen LogP contribution in [0, 0.1) is 6.92 Å². The van der Waals surface area contributed by atoms with Gasteiger partial charge in [0.05, 0.1) is 22.7 Å². The Labute approximate surface area is 232 Å². The Balaban J connectivity index is 2.41. The predicted molar refractivity (Wildman–Crippen MR) is 148 cm³/mol. The lowest BCUT2D eigenvalue weighted by atomic mass is 9.71. The van der Waals surface area contributed by atoms with E-state index in [1.54, 1.807) is 7.11 Å². The molecule has 164 valence electrons. The van der Waals surface area contributed by atoms with Crippen LogP contribution in [0.5, 0.6) is 5.75 Å². The first-order valence-electron chi connectivity index (χ1n) is 9.13. The van der Waals surface area contributed by atoms with Crippen LogP contribution in [0.1, 0.15) is 34.7 Å². The molecule has 0 fully saturated rings. The summed E-state index contributed by atoms with van der Waals surface area (Å²) >= 11 is 22.0. The maximum absolute atomic E-state index is 9.76. The molecule has 8 heteroatoms. The highest BCUT2D eigenvalue weighted by Crippen LogP contribution is 2.47. The second kappa shape index (κ2) is 10.3. The van der Waals surface area contributed by atoms with Crippen molar-refractivity contribution in [1.29, 1.82) is 0 Å². The Bertz CT molecular complexity index is 1030. The summed E-state index contributed by atoms with van der Waals surface area (Å²) in [5.41, 5.74) is 4.68. The van der Waals surface area contributed by atoms with E-state index in [1.807, 2.05) is 0 Å². The summed E-state index contributed by atoms with van der Waals surface area (Å²) < 4.78 is 11.0. The zero-order valence-electron chi connectivity index (χ0n) is 16.8. The number of halogens is 6. The molecule has 0 heterocycles. The van der Waals surface area contributed by atoms with Gasteiger partial charge in [-0.05, 0) is 104 Å². The average molecular weight is 806 g/mol. The van der Waals surface area contributed by atoms with Crippen LogP contribution in [0.3, 0.4) is 0 Å². The standard InChI is InChI=1S/C23H18Br6O2/c1-11-16(24)4-12(5-17(11)25)23(2,13-6-18(26)15(10-30)19(27)7-13)14-8-20(28)22(31-3)21(29)9-14/h4-9,30H,10H2,1-3H3/t23-/m0/s1. The smallest absolute Gasteiger partial charge is 0.147 e. The first-order chi connectivity index (χ1) is 14.5. The van der Waals surface area contributed by atoms with E-state index in [1.165, 1.54) is 0 Å². The largest absolute Gasteiger partial charge is 0.494 e. The fourth-order valence-electron chi connectivity index (χ4n) is 3.52. The Morgan fingerprint density at radius 1 is 0.710 bits per heavy atom. The van der Waals surface area contributed by atoms with Gasteiger partial charge in [-0.15, -0.1) is 0 Å². The van der Waals surface area contributed by atoms with Gasteiger partial charge in [0, 0.05) is 28.9 Å². The van der Waals surface area contributed by atoms with Gasteiger partial charge in [-0.3, -0.25) is 0 Å². The lowest BCUT2D eigenvalue weighted by molar-refractivity contribution is 0.280. The minimum Gasteiger partial charge on any atom is -0.494 e. The van der Waals surface area contributed by atoms with E-state index in [-0.39, 0.29) is 6.61 Å². The van der Waals surface area contributed by atoms with Gasteiger partial charge in [0.25, 0.3) is 0 Å². The fraction of sp³-hybridized carbons (Fsp3) is 0.217. The summed E-state index contributed by atoms with van der Waals surface area (Å²) in [7, 11) is 1.65. The van der Waals surface area contributed by atoms with Crippen molar-refractivity contribution in [3.8, 4) is 5.75 Å². The number of benzene rings is 3. The number of rotatable bonds is 5. The quantitative estimate of drug-likeness (QED) is 0.261. The third-order valence-electron chi connectivity index (χ3n) is 5.51. The number of hydrogen-bond donors (Lipinski definition) is 1. The summed E-state index contributed by atoms with van der Waals surface area (Å²) in [5.74, 6) is 0.746. The molecule has 0 aromatic heterocycles. The normalized spacial score (nSPS) is 13.2. The van der Waals surface area contributed by atoms with E-state index in [4.69, 9.17) is 4.74 Å². The highest BCUT2D eigenvalue weighted by molar-refractivity contribution is 9.11. The van der Waals surface area contributed by atoms with Gasteiger partial charge in [0.1, 0.15) is 5.75 Å². The summed E-state index contributed by atoms with van der Waals surface area (Å²) in [6.45, 7) is 4.21. The SMILES string of the molecule is COc1c(Br)cc([C@@](C)(c2cc(Br)c(C)c(Br)c2)c2cc(Br)c(CO)c(Br)c2)cc1Br. The van der Waals surface area contributed by atoms with E-state index in [2.05, 4.69) is 146 Å². The molecular weight excluding hydrogens is 788 g/mol. The second-order valence-electron chi connectivity index (χ2n) is 7.24. The molecule has 1 N–H and O–H groups in total. The first-order valence-corrected chi connectivity index (χ1v) is 13.9. The van der Waals surface area contributed by atoms with Gasteiger partial charge >= 0.3 is 0 Å². The van der Waals surface area contributed by atoms with Crippen molar-refractivity contribution < 1.29 is 9.84 Å². The highest BCUT2D eigenvalue weighted by Gasteiger charge is 2.34. The molecule has 0 saturated carbocycles. The van der Waals surface area contributed by atoms with Gasteiger partial charge in [0.15, 0.2) is 0 Å². The van der Waals surface area contributed by atoms with E-state index in [0.29, 0.717) is 0 Å². The molecular formula is C23H18Br6O2. The van der Waals surface area contributed by atoms with E-state index in [0.717, 1.165) is 60.4 Å². The molecule has 31 heavy (non-hydrogen) atoms. The zero-order chi connectivity index (χ0) is 23.1. The maximum atomic E-state index is 9.76. The van der Waals surface area contributed by atoms with Crippen molar-refractivity contribution in [2.45, 2.75) is 25.9 Å². The Morgan fingerprint density at radius 2 is 1.06 bits per heavy atom. The maximum Gasteiger partial charge on any atom is 0.147 e. The van der Waals surface area contributed by atoms with Crippen LogP contribution in [-0.2, 0) is 12.0 Å². The molecule has 0 amide bonds. The topological polar surface area (TPSA) is 29.5 Å². The predicted octanol–water partition coefficient (Wildman–Crippen LogP) is 9.43. The number of methoxy groups -OCH3 is 1. The van der Waals surface area contributed by atoms with Crippen LogP contribution in [0.2, 0.25) is 0 Å². The highest BCUT2D eigenvalue weighted by atomic mass is 79.9. The molecule has 3 aromatic carbocycles. The fourth-order valence-corrected chi connectivity index (χ4v) is 7.65. The van der Waals surface area contributed by atoms with Crippen molar-refractivity contribution in [3.05, 3.63) is 91.1 Å². The van der Waals surface area contributed by atoms with E-state index < -0.39 is 5.41 Å². The number of hydrogen-bond acceptors (Lipinski definition) is 2. The van der Waals surface area contributed by atoms with Crippen LogP contribution in [0.4, 0.5) is 0 Å². The molecule has 0 spiro atoms. The summed E-state index contributed by atoms with van der Waals surface area (Å²) in [5, 5.41) is 9.76. The number of aliphatic hydroxyl groups is 1. The van der Waals surface area contributed by atoms with Crippen molar-refractivity contribution in [2.75, 3.05) is 7.11 Å². The van der Waals surface area contributed by atoms with Crippen molar-refractivity contribution >= 4 is 95.6 Å². The van der Waals surface area contributed by atoms with Crippen LogP contribution in [0.25, 0.3) is 0 Å². The monoisotopic (exact) mass is 800 g/mol. The zero-order valence-corrected chi connectivity index (χ0v) is 26.3. The molecule has 0 aliphatic rings. The minimum absolute atomic E-state index is 0.0561. The van der Waals surface area contributed by atoms with Gasteiger partial charge in [-0.25, -0.2) is 0 Å². The number of ether oxygens (including phenoxy) is 1. The van der Waals surface area contributed by atoms with Gasteiger partial charge in [-0.2, -0.15) is 0 Å². The molecule has 0 radical (unpaired) electrons. The van der Waals surface area contributed by atoms with Gasteiger partial charge < -0.3 is 9.84 Å². The Hall–Kier alpha value is 0.300. The van der Waals surface area contributed by atoms with Crippen LogP contribution in [-0.4, -0.2) is 12.2 Å².